The fourth-order valence-corrected chi connectivity index (χ4v) is 4.83. The van der Waals surface area contributed by atoms with Crippen LogP contribution in [0.1, 0.15) is 42.0 Å². The number of fused-ring (bicyclic) bond motifs is 1. The zero-order chi connectivity index (χ0) is 19.8. The van der Waals surface area contributed by atoms with E-state index in [2.05, 4.69) is 13.2 Å². The molecule has 0 radical (unpaired) electrons. The largest absolute Gasteiger partial charge is 0.465 e. The van der Waals surface area contributed by atoms with E-state index >= 15 is 0 Å². The number of benzene rings is 1. The molecule has 27 heavy (non-hydrogen) atoms. The van der Waals surface area contributed by atoms with Crippen molar-refractivity contribution in [3.63, 3.8) is 0 Å². The highest BCUT2D eigenvalue weighted by molar-refractivity contribution is 5.86. The van der Waals surface area contributed by atoms with Gasteiger partial charge in [-0.15, -0.1) is 13.2 Å². The molecule has 1 aromatic rings. The molecule has 3 rings (SSSR count). The number of carbonyl (C=O) groups is 2. The van der Waals surface area contributed by atoms with Crippen LogP contribution in [0.5, 0.6) is 0 Å². The van der Waals surface area contributed by atoms with Gasteiger partial charge in [-0.1, -0.05) is 30.4 Å². The molecular weight excluding hydrogens is 340 g/mol. The lowest BCUT2D eigenvalue weighted by atomic mass is 9.76. The van der Waals surface area contributed by atoms with Crippen molar-refractivity contribution in [2.45, 2.75) is 45.2 Å². The van der Waals surface area contributed by atoms with Gasteiger partial charge < -0.3 is 10.0 Å². The fraction of sp³-hybridized carbons (Fsp3) is 0.455. The zero-order valence-corrected chi connectivity index (χ0v) is 16.1. The van der Waals surface area contributed by atoms with Crippen LogP contribution in [0.15, 0.2) is 43.5 Å². The molecule has 2 aliphatic heterocycles. The molecule has 2 aliphatic rings. The molecule has 2 saturated heterocycles. The predicted octanol–water partition coefficient (Wildman–Crippen LogP) is 4.08. The van der Waals surface area contributed by atoms with Gasteiger partial charge in [0, 0.05) is 13.1 Å². The second kappa shape index (κ2) is 7.22. The summed E-state index contributed by atoms with van der Waals surface area (Å²) in [5.74, 6) is 0.104. The topological polar surface area (TPSA) is 60.9 Å². The summed E-state index contributed by atoms with van der Waals surface area (Å²) < 4.78 is 0. The van der Waals surface area contributed by atoms with E-state index in [-0.39, 0.29) is 18.0 Å². The van der Waals surface area contributed by atoms with E-state index in [0.717, 1.165) is 16.7 Å². The number of carboxylic acid groups (broad SMARTS) is 1. The lowest BCUT2D eigenvalue weighted by molar-refractivity contribution is -0.138. The summed E-state index contributed by atoms with van der Waals surface area (Å²) >= 11 is 0. The van der Waals surface area contributed by atoms with E-state index in [1.807, 2.05) is 36.9 Å². The second-order valence-electron chi connectivity index (χ2n) is 7.75. The quantitative estimate of drug-likeness (QED) is 0.797. The molecule has 2 heterocycles. The van der Waals surface area contributed by atoms with Gasteiger partial charge in [-0.25, -0.2) is 4.79 Å². The Morgan fingerprint density at radius 2 is 1.93 bits per heavy atom. The maximum Gasteiger partial charge on any atom is 0.407 e. The molecule has 2 atom stereocenters. The van der Waals surface area contributed by atoms with Gasteiger partial charge in [0.25, 0.3) is 0 Å². The van der Waals surface area contributed by atoms with Gasteiger partial charge in [-0.05, 0) is 49.8 Å². The minimum absolute atomic E-state index is 0.104. The monoisotopic (exact) mass is 368 g/mol. The number of piperazine rings is 1. The van der Waals surface area contributed by atoms with Crippen molar-refractivity contribution in [3.8, 4) is 0 Å². The van der Waals surface area contributed by atoms with Crippen LogP contribution in [-0.2, 0) is 4.79 Å². The maximum absolute atomic E-state index is 13.3. The zero-order valence-electron chi connectivity index (χ0n) is 16.1. The van der Waals surface area contributed by atoms with Crippen LogP contribution in [0.4, 0.5) is 4.79 Å². The van der Waals surface area contributed by atoms with Crippen LogP contribution in [0.3, 0.4) is 0 Å². The van der Waals surface area contributed by atoms with E-state index in [1.54, 1.807) is 12.2 Å². The molecule has 2 amide bonds. The summed E-state index contributed by atoms with van der Waals surface area (Å²) in [6.45, 7) is 12.5. The van der Waals surface area contributed by atoms with Crippen molar-refractivity contribution in [1.82, 2.24) is 9.80 Å². The minimum Gasteiger partial charge on any atom is -0.465 e. The molecule has 144 valence electrons. The first-order valence-corrected chi connectivity index (χ1v) is 9.45. The molecule has 2 unspecified atom stereocenters. The molecule has 0 bridgehead atoms. The van der Waals surface area contributed by atoms with Gasteiger partial charge in [0.2, 0.25) is 5.91 Å². The van der Waals surface area contributed by atoms with Crippen molar-refractivity contribution in [1.29, 1.82) is 0 Å². The number of rotatable bonds is 5. The SMILES string of the molecule is C=CCC1(CC=C)CC2C(c3cccc(C)c3C)N(C(=O)O)CCN2C1=O. The molecule has 5 nitrogen and oxygen atoms in total. The summed E-state index contributed by atoms with van der Waals surface area (Å²) in [6, 6.07) is 5.48. The van der Waals surface area contributed by atoms with E-state index in [4.69, 9.17) is 0 Å². The highest BCUT2D eigenvalue weighted by Crippen LogP contribution is 2.49. The number of amides is 2. The highest BCUT2D eigenvalue weighted by atomic mass is 16.4. The fourth-order valence-electron chi connectivity index (χ4n) is 4.83. The van der Waals surface area contributed by atoms with Gasteiger partial charge in [-0.3, -0.25) is 9.69 Å². The normalized spacial score (nSPS) is 23.9. The lowest BCUT2D eigenvalue weighted by Crippen LogP contribution is -2.55. The molecule has 0 aliphatic carbocycles. The lowest BCUT2D eigenvalue weighted by Gasteiger charge is -2.44. The number of nitrogens with zero attached hydrogens (tertiary/aromatic N) is 2. The highest BCUT2D eigenvalue weighted by Gasteiger charge is 2.55. The average molecular weight is 368 g/mol. The average Bonchev–Trinajstić information content (AvgIpc) is 2.90. The van der Waals surface area contributed by atoms with Crippen molar-refractivity contribution in [2.75, 3.05) is 13.1 Å². The van der Waals surface area contributed by atoms with Crippen LogP contribution in [0, 0.1) is 19.3 Å². The van der Waals surface area contributed by atoms with E-state index in [1.165, 1.54) is 4.90 Å². The third-order valence-electron chi connectivity index (χ3n) is 6.28. The Hall–Kier alpha value is -2.56. The molecule has 5 heteroatoms. The Balaban J connectivity index is 2.10. The summed E-state index contributed by atoms with van der Waals surface area (Å²) in [5.41, 5.74) is 2.65. The minimum atomic E-state index is -0.932. The first-order chi connectivity index (χ1) is 12.9. The molecule has 0 aromatic heterocycles. The van der Waals surface area contributed by atoms with Crippen molar-refractivity contribution in [2.24, 2.45) is 5.41 Å². The standard InChI is InChI=1S/C22H28N2O3/c1-5-10-22(11-6-2)14-18-19(17-9-7-8-15(3)16(17)4)24(21(26)27)13-12-23(18)20(22)25/h5-9,18-19H,1-2,10-14H2,3-4H3,(H,26,27). The first kappa shape index (κ1) is 19.2. The molecule has 1 aromatic carbocycles. The van der Waals surface area contributed by atoms with Crippen LogP contribution >= 0.6 is 0 Å². The number of hydrogen-bond acceptors (Lipinski definition) is 2. The molecule has 1 N–H and O–H groups in total. The summed E-state index contributed by atoms with van der Waals surface area (Å²) in [4.78, 5) is 28.7. The van der Waals surface area contributed by atoms with Crippen LogP contribution < -0.4 is 0 Å². The number of aryl methyl sites for hydroxylation is 1. The Morgan fingerprint density at radius 1 is 1.26 bits per heavy atom. The third-order valence-corrected chi connectivity index (χ3v) is 6.28. The summed E-state index contributed by atoms with van der Waals surface area (Å²) in [5, 5.41) is 9.84. The van der Waals surface area contributed by atoms with Crippen molar-refractivity contribution >= 4 is 12.0 Å². The smallest absolute Gasteiger partial charge is 0.407 e. The van der Waals surface area contributed by atoms with Gasteiger partial charge in [0.15, 0.2) is 0 Å². The first-order valence-electron chi connectivity index (χ1n) is 9.45. The number of carbonyl (C=O) groups excluding carboxylic acids is 1. The van der Waals surface area contributed by atoms with Gasteiger partial charge in [-0.2, -0.15) is 0 Å². The van der Waals surface area contributed by atoms with Crippen LogP contribution in [0.25, 0.3) is 0 Å². The molecule has 0 spiro atoms. The van der Waals surface area contributed by atoms with Crippen molar-refractivity contribution < 1.29 is 14.7 Å². The third kappa shape index (κ3) is 3.05. The number of allylic oxidation sites excluding steroid dienone is 2. The second-order valence-corrected chi connectivity index (χ2v) is 7.75. The van der Waals surface area contributed by atoms with E-state index in [0.29, 0.717) is 32.4 Å². The maximum atomic E-state index is 13.3. The molecular formula is C22H28N2O3. The molecule has 2 fully saturated rings. The van der Waals surface area contributed by atoms with Gasteiger partial charge >= 0.3 is 6.09 Å². The van der Waals surface area contributed by atoms with Gasteiger partial charge in [0.1, 0.15) is 0 Å². The molecule has 0 saturated carbocycles. The Kier molecular flexibility index (Phi) is 5.13. The number of hydrogen-bond donors (Lipinski definition) is 1. The summed E-state index contributed by atoms with van der Waals surface area (Å²) in [7, 11) is 0. The van der Waals surface area contributed by atoms with Crippen LogP contribution in [-0.4, -0.2) is 46.0 Å². The van der Waals surface area contributed by atoms with Crippen molar-refractivity contribution in [3.05, 3.63) is 60.2 Å². The Morgan fingerprint density at radius 3 is 2.52 bits per heavy atom. The van der Waals surface area contributed by atoms with E-state index in [9.17, 15) is 14.7 Å². The Labute approximate surface area is 161 Å². The van der Waals surface area contributed by atoms with Crippen LogP contribution in [0.2, 0.25) is 0 Å². The summed E-state index contributed by atoms with van der Waals surface area (Å²) in [6.07, 6.45) is 4.43. The Bertz CT molecular complexity index is 776. The van der Waals surface area contributed by atoms with Gasteiger partial charge in [0.05, 0.1) is 17.5 Å². The predicted molar refractivity (Wildman–Crippen MR) is 106 cm³/mol. The van der Waals surface area contributed by atoms with E-state index < -0.39 is 11.5 Å².